The molecule has 1 aliphatic rings. The van der Waals surface area contributed by atoms with Gasteiger partial charge >= 0.3 is 0 Å². The fraction of sp³-hybridized carbons (Fsp3) is 0.476. The molecule has 1 aromatic heterocycles. The molecule has 0 amide bonds. The summed E-state index contributed by atoms with van der Waals surface area (Å²) in [4.78, 5) is 4.46. The lowest BCUT2D eigenvalue weighted by Crippen LogP contribution is -2.20. The van der Waals surface area contributed by atoms with Crippen molar-refractivity contribution in [2.24, 2.45) is 5.92 Å². The Balaban J connectivity index is 0.000000465. The van der Waals surface area contributed by atoms with Gasteiger partial charge in [0.2, 0.25) is 0 Å². The van der Waals surface area contributed by atoms with E-state index in [1.54, 1.807) is 0 Å². The second-order valence-electron chi connectivity index (χ2n) is 7.66. The molecule has 0 bridgehead atoms. The molecule has 1 heterocycles. The highest BCUT2D eigenvalue weighted by molar-refractivity contribution is 9.10. The third kappa shape index (κ3) is 7.48. The number of nitrogens with two attached hydrogens (primary N) is 1. The molecule has 148 valence electrons. The highest BCUT2D eigenvalue weighted by atomic mass is 79.9. The number of aryl methyl sites for hydroxylation is 1. The van der Waals surface area contributed by atoms with E-state index in [0.29, 0.717) is 11.9 Å². The zero-order valence-corrected chi connectivity index (χ0v) is 17.7. The first-order valence-electron chi connectivity index (χ1n) is 9.32. The largest absolute Gasteiger partial charge is 0.389 e. The molecule has 1 fully saturated rings. The smallest absolute Gasteiger partial charge is 0.156 e. The van der Waals surface area contributed by atoms with Gasteiger partial charge in [0, 0.05) is 11.4 Å². The summed E-state index contributed by atoms with van der Waals surface area (Å²) in [6, 6.07) is 9.17. The number of anilines is 1. The maximum absolute atomic E-state index is 8.08. The van der Waals surface area contributed by atoms with E-state index in [2.05, 4.69) is 51.0 Å². The topological polar surface area (TPSA) is 91.4 Å². The predicted molar refractivity (Wildman–Crippen MR) is 115 cm³/mol. The average molecular weight is 436 g/mol. The van der Waals surface area contributed by atoms with E-state index < -0.39 is 5.79 Å². The van der Waals surface area contributed by atoms with Crippen LogP contribution in [-0.2, 0) is 6.42 Å². The summed E-state index contributed by atoms with van der Waals surface area (Å²) in [5, 5.41) is 20.6. The van der Waals surface area contributed by atoms with Crippen LogP contribution in [0.25, 0.3) is 10.9 Å². The highest BCUT2D eigenvalue weighted by Crippen LogP contribution is 2.30. The standard InChI is InChI=1S/C18H22BrN3.C3H8O2/c1-2-21-15-8-6-12(9-15)3-4-13-5-7-14-11-16(19)18(20)22-17(14)10-13;1-3(2,4)5/h2,5,7,10-12,15,21H,1,3-4,6,8-9H2,(H2,20,22);4-5H,1-2H3. The van der Waals surface area contributed by atoms with Gasteiger partial charge in [0.05, 0.1) is 9.99 Å². The Morgan fingerprint density at radius 2 is 2.04 bits per heavy atom. The van der Waals surface area contributed by atoms with Crippen LogP contribution in [0.4, 0.5) is 5.82 Å². The number of nitrogens with one attached hydrogen (secondary N) is 1. The fourth-order valence-corrected chi connectivity index (χ4v) is 3.72. The Kier molecular flexibility index (Phi) is 7.65. The van der Waals surface area contributed by atoms with Gasteiger partial charge in [0.1, 0.15) is 5.82 Å². The summed E-state index contributed by atoms with van der Waals surface area (Å²) in [5.74, 6) is -0.130. The van der Waals surface area contributed by atoms with Gasteiger partial charge in [-0.2, -0.15) is 0 Å². The van der Waals surface area contributed by atoms with Crippen LogP contribution >= 0.6 is 15.9 Å². The average Bonchev–Trinajstić information content (AvgIpc) is 3.00. The number of fused-ring (bicyclic) bond motifs is 1. The molecule has 1 aliphatic carbocycles. The summed E-state index contributed by atoms with van der Waals surface area (Å²) in [6.07, 6.45) is 8.02. The van der Waals surface area contributed by atoms with E-state index in [4.69, 9.17) is 15.9 Å². The number of nitrogens with zero attached hydrogens (tertiary/aromatic N) is 1. The third-order valence-electron chi connectivity index (χ3n) is 4.60. The summed E-state index contributed by atoms with van der Waals surface area (Å²) in [6.45, 7) is 6.35. The minimum absolute atomic E-state index is 0.554. The van der Waals surface area contributed by atoms with Crippen molar-refractivity contribution in [2.75, 3.05) is 5.73 Å². The lowest BCUT2D eigenvalue weighted by atomic mass is 9.97. The van der Waals surface area contributed by atoms with Crippen molar-refractivity contribution in [3.05, 3.63) is 47.1 Å². The van der Waals surface area contributed by atoms with E-state index in [1.165, 1.54) is 45.1 Å². The molecule has 2 atom stereocenters. The minimum Gasteiger partial charge on any atom is -0.389 e. The van der Waals surface area contributed by atoms with Crippen LogP contribution in [0.3, 0.4) is 0 Å². The number of pyridine rings is 1. The van der Waals surface area contributed by atoms with Crippen LogP contribution in [0.5, 0.6) is 0 Å². The van der Waals surface area contributed by atoms with E-state index in [1.807, 2.05) is 12.3 Å². The number of hydrogen-bond donors (Lipinski definition) is 4. The van der Waals surface area contributed by atoms with E-state index in [9.17, 15) is 0 Å². The Morgan fingerprint density at radius 3 is 2.70 bits per heavy atom. The lowest BCUT2D eigenvalue weighted by Gasteiger charge is -2.12. The quantitative estimate of drug-likeness (QED) is 0.530. The van der Waals surface area contributed by atoms with E-state index >= 15 is 0 Å². The Morgan fingerprint density at radius 1 is 1.33 bits per heavy atom. The van der Waals surface area contributed by atoms with E-state index in [0.717, 1.165) is 27.7 Å². The van der Waals surface area contributed by atoms with Crippen molar-refractivity contribution in [1.82, 2.24) is 10.3 Å². The molecule has 0 aliphatic heterocycles. The van der Waals surface area contributed by atoms with Crippen molar-refractivity contribution in [1.29, 1.82) is 0 Å². The molecule has 0 radical (unpaired) electrons. The first-order valence-corrected chi connectivity index (χ1v) is 10.1. The van der Waals surface area contributed by atoms with Gasteiger partial charge < -0.3 is 21.3 Å². The molecule has 27 heavy (non-hydrogen) atoms. The van der Waals surface area contributed by atoms with Gasteiger partial charge in [-0.15, -0.1) is 0 Å². The molecule has 3 rings (SSSR count). The second kappa shape index (κ2) is 9.53. The third-order valence-corrected chi connectivity index (χ3v) is 5.23. The molecule has 5 nitrogen and oxygen atoms in total. The van der Waals surface area contributed by atoms with Crippen LogP contribution < -0.4 is 11.1 Å². The van der Waals surface area contributed by atoms with Crippen molar-refractivity contribution in [3.8, 4) is 0 Å². The molecule has 2 unspecified atom stereocenters. The molecule has 5 N–H and O–H groups in total. The van der Waals surface area contributed by atoms with Crippen LogP contribution in [-0.4, -0.2) is 27.0 Å². The van der Waals surface area contributed by atoms with Crippen molar-refractivity contribution in [3.63, 3.8) is 0 Å². The second-order valence-corrected chi connectivity index (χ2v) is 8.52. The normalized spacial score (nSPS) is 19.4. The molecular formula is C21H30BrN3O2. The van der Waals surface area contributed by atoms with Gasteiger partial charge in [-0.1, -0.05) is 18.7 Å². The number of aromatic nitrogens is 1. The molecule has 2 aromatic rings. The van der Waals surface area contributed by atoms with Crippen LogP contribution in [0, 0.1) is 5.92 Å². The van der Waals surface area contributed by atoms with E-state index in [-0.39, 0.29) is 0 Å². The summed E-state index contributed by atoms with van der Waals surface area (Å²) < 4.78 is 0.861. The molecule has 1 saturated carbocycles. The van der Waals surface area contributed by atoms with Gasteiger partial charge in [0.25, 0.3) is 0 Å². The number of halogens is 1. The Labute approximate surface area is 169 Å². The van der Waals surface area contributed by atoms with Crippen molar-refractivity contribution >= 4 is 32.7 Å². The molecular weight excluding hydrogens is 406 g/mol. The first kappa shape index (κ1) is 21.7. The SMILES string of the molecule is C=CNC1CCC(CCc2ccc3cc(Br)c(N)nc3c2)C1.CC(C)(O)O. The molecule has 0 saturated heterocycles. The van der Waals surface area contributed by atoms with Gasteiger partial charge in [-0.25, -0.2) is 4.98 Å². The zero-order valence-electron chi connectivity index (χ0n) is 16.1. The number of aliphatic hydroxyl groups is 2. The number of nitrogen functional groups attached to an aromatic ring is 1. The zero-order chi connectivity index (χ0) is 20.0. The molecule has 6 heteroatoms. The minimum atomic E-state index is -1.50. The summed E-state index contributed by atoms with van der Waals surface area (Å²) in [5.41, 5.74) is 8.21. The number of hydrogen-bond acceptors (Lipinski definition) is 5. The Bertz CT molecular complexity index is 768. The number of benzene rings is 1. The van der Waals surface area contributed by atoms with Gasteiger partial charge in [-0.05, 0) is 91.7 Å². The lowest BCUT2D eigenvalue weighted by molar-refractivity contribution is -0.127. The van der Waals surface area contributed by atoms with Gasteiger partial charge in [-0.3, -0.25) is 0 Å². The Hall–Kier alpha value is -1.63. The first-order chi connectivity index (χ1) is 12.7. The van der Waals surface area contributed by atoms with Gasteiger partial charge in [0.15, 0.2) is 5.79 Å². The van der Waals surface area contributed by atoms with Crippen molar-refractivity contribution < 1.29 is 10.2 Å². The highest BCUT2D eigenvalue weighted by Gasteiger charge is 2.23. The van der Waals surface area contributed by atoms with Crippen molar-refractivity contribution in [2.45, 2.75) is 57.8 Å². The predicted octanol–water partition coefficient (Wildman–Crippen LogP) is 4.12. The maximum Gasteiger partial charge on any atom is 0.156 e. The molecule has 0 spiro atoms. The maximum atomic E-state index is 8.08. The summed E-state index contributed by atoms with van der Waals surface area (Å²) >= 11 is 3.43. The monoisotopic (exact) mass is 435 g/mol. The molecule has 1 aromatic carbocycles. The number of rotatable bonds is 5. The van der Waals surface area contributed by atoms with Crippen LogP contribution in [0.2, 0.25) is 0 Å². The van der Waals surface area contributed by atoms with Crippen LogP contribution in [0.15, 0.2) is 41.5 Å². The summed E-state index contributed by atoms with van der Waals surface area (Å²) in [7, 11) is 0. The van der Waals surface area contributed by atoms with Crippen LogP contribution in [0.1, 0.15) is 45.1 Å². The fourth-order valence-electron chi connectivity index (χ4n) is 3.38.